The van der Waals surface area contributed by atoms with Gasteiger partial charge in [-0.3, -0.25) is 0 Å². The van der Waals surface area contributed by atoms with Crippen LogP contribution in [0.5, 0.6) is 0 Å². The molecule has 5 nitrogen and oxygen atoms in total. The number of rotatable bonds is 5. The third-order valence-corrected chi connectivity index (χ3v) is 9.33. The number of nitrogens with one attached hydrogen (secondary N) is 1. The van der Waals surface area contributed by atoms with Gasteiger partial charge in [-0.25, -0.2) is 13.2 Å². The molecule has 3 aromatic rings. The summed E-state index contributed by atoms with van der Waals surface area (Å²) in [5.41, 5.74) is 4.01. The van der Waals surface area contributed by atoms with Crippen LogP contribution in [0.25, 0.3) is 10.4 Å². The van der Waals surface area contributed by atoms with Crippen molar-refractivity contribution in [3.63, 3.8) is 0 Å². The lowest BCUT2D eigenvalue weighted by molar-refractivity contribution is 0.200. The van der Waals surface area contributed by atoms with E-state index in [9.17, 15) is 13.2 Å². The van der Waals surface area contributed by atoms with Crippen LogP contribution in [-0.4, -0.2) is 37.7 Å². The zero-order valence-electron chi connectivity index (χ0n) is 18.4. The molecule has 1 aromatic heterocycles. The number of sulfone groups is 1. The van der Waals surface area contributed by atoms with Crippen LogP contribution in [0.3, 0.4) is 0 Å². The summed E-state index contributed by atoms with van der Waals surface area (Å²) in [7, 11) is -3.43. The Bertz CT molecular complexity index is 1180. The van der Waals surface area contributed by atoms with Gasteiger partial charge in [0.15, 0.2) is 9.84 Å². The zero-order chi connectivity index (χ0) is 22.7. The summed E-state index contributed by atoms with van der Waals surface area (Å²) >= 11 is 1.63. The number of amides is 2. The van der Waals surface area contributed by atoms with Crippen molar-refractivity contribution in [3.05, 3.63) is 71.1 Å². The van der Waals surface area contributed by atoms with Gasteiger partial charge < -0.3 is 10.2 Å². The fraction of sp³-hybridized carbons (Fsp3) is 0.320. The predicted octanol–water partition coefficient (Wildman–Crippen LogP) is 5.76. The Hall–Kier alpha value is -2.64. The fourth-order valence-corrected chi connectivity index (χ4v) is 6.67. The molecule has 168 valence electrons. The molecule has 32 heavy (non-hydrogen) atoms. The molecule has 1 aliphatic rings. The van der Waals surface area contributed by atoms with Crippen molar-refractivity contribution >= 4 is 32.9 Å². The highest BCUT2D eigenvalue weighted by atomic mass is 32.2. The summed E-state index contributed by atoms with van der Waals surface area (Å²) in [6.45, 7) is 4.90. The molecule has 2 heterocycles. The number of hydrogen-bond acceptors (Lipinski definition) is 4. The second-order valence-electron chi connectivity index (χ2n) is 8.13. The molecule has 1 fully saturated rings. The van der Waals surface area contributed by atoms with Crippen molar-refractivity contribution in [1.82, 2.24) is 4.90 Å². The fourth-order valence-electron chi connectivity index (χ4n) is 4.20. The number of likely N-dealkylation sites (tertiary alicyclic amines) is 1. The number of benzene rings is 2. The molecular weight excluding hydrogens is 440 g/mol. The van der Waals surface area contributed by atoms with Crippen molar-refractivity contribution in [2.24, 2.45) is 0 Å². The summed E-state index contributed by atoms with van der Waals surface area (Å²) in [4.78, 5) is 16.0. The van der Waals surface area contributed by atoms with Crippen LogP contribution in [0, 0.1) is 6.92 Å². The van der Waals surface area contributed by atoms with Crippen molar-refractivity contribution < 1.29 is 13.2 Å². The first-order chi connectivity index (χ1) is 15.4. The Morgan fingerprint density at radius 2 is 1.78 bits per heavy atom. The highest BCUT2D eigenvalue weighted by Gasteiger charge is 2.33. The molecule has 2 aromatic carbocycles. The normalized spacial score (nSPS) is 15.0. The maximum absolute atomic E-state index is 13.2. The van der Waals surface area contributed by atoms with E-state index in [1.54, 1.807) is 28.4 Å². The first-order valence-corrected chi connectivity index (χ1v) is 13.3. The third-order valence-electron chi connectivity index (χ3n) is 6.13. The molecule has 0 aliphatic carbocycles. The Labute approximate surface area is 194 Å². The zero-order valence-corrected chi connectivity index (χ0v) is 20.0. The molecule has 0 radical (unpaired) electrons. The van der Waals surface area contributed by atoms with Gasteiger partial charge in [-0.05, 0) is 66.5 Å². The molecule has 1 saturated heterocycles. The van der Waals surface area contributed by atoms with Crippen LogP contribution < -0.4 is 5.32 Å². The lowest BCUT2D eigenvalue weighted by Gasteiger charge is -2.32. The minimum atomic E-state index is -3.43. The summed E-state index contributed by atoms with van der Waals surface area (Å²) in [6, 6.07) is 17.0. The van der Waals surface area contributed by atoms with Gasteiger partial charge in [0.1, 0.15) is 0 Å². The second-order valence-corrected chi connectivity index (χ2v) is 11.3. The number of nitrogens with zero attached hydrogens (tertiary/aromatic N) is 1. The summed E-state index contributed by atoms with van der Waals surface area (Å²) in [5, 5.41) is 4.58. The Balaban J connectivity index is 1.40. The maximum Gasteiger partial charge on any atom is 0.321 e. The molecule has 1 N–H and O–H groups in total. The maximum atomic E-state index is 13.2. The topological polar surface area (TPSA) is 66.5 Å². The number of para-hydroxylation sites is 1. The van der Waals surface area contributed by atoms with Gasteiger partial charge >= 0.3 is 6.03 Å². The molecule has 7 heteroatoms. The number of carbonyl (C=O) groups is 1. The van der Waals surface area contributed by atoms with Gasteiger partial charge in [0.25, 0.3) is 0 Å². The van der Waals surface area contributed by atoms with E-state index in [4.69, 9.17) is 0 Å². The first kappa shape index (κ1) is 22.6. The van der Waals surface area contributed by atoms with Crippen LogP contribution in [0.2, 0.25) is 0 Å². The summed E-state index contributed by atoms with van der Waals surface area (Å²) in [5.74, 6) is 0. The first-order valence-electron chi connectivity index (χ1n) is 10.9. The number of piperidine rings is 1. The minimum Gasteiger partial charge on any atom is -0.324 e. The highest BCUT2D eigenvalue weighted by molar-refractivity contribution is 7.92. The number of carbonyl (C=O) groups excluding carboxylic acids is 1. The average molecular weight is 469 g/mol. The number of hydrogen-bond donors (Lipinski definition) is 1. The van der Waals surface area contributed by atoms with Gasteiger partial charge in [0, 0.05) is 23.7 Å². The van der Waals surface area contributed by atoms with Gasteiger partial charge in [-0.2, -0.15) is 0 Å². The van der Waals surface area contributed by atoms with E-state index >= 15 is 0 Å². The standard InChI is InChI=1S/C25H28N2O3S2/c1-3-19-7-4-6-18(2)24(19)26-25(28)27-15-13-22(14-16-27)32(29,30)21-11-9-20(10-12-21)23-8-5-17-31-23/h4-12,17,22H,3,13-16H2,1-2H3,(H,26,28). The Morgan fingerprint density at radius 1 is 1.06 bits per heavy atom. The lowest BCUT2D eigenvalue weighted by Crippen LogP contribution is -2.44. The van der Waals surface area contributed by atoms with Crippen molar-refractivity contribution in [2.45, 2.75) is 43.3 Å². The van der Waals surface area contributed by atoms with Crippen LogP contribution in [0.1, 0.15) is 30.9 Å². The molecule has 4 rings (SSSR count). The van der Waals surface area contributed by atoms with E-state index in [0.29, 0.717) is 30.8 Å². The molecule has 0 spiro atoms. The average Bonchev–Trinajstić information content (AvgIpc) is 3.35. The second kappa shape index (κ2) is 9.46. The Kier molecular flexibility index (Phi) is 6.67. The molecule has 1 aliphatic heterocycles. The number of aryl methyl sites for hydroxylation is 2. The molecule has 0 unspecified atom stereocenters. The summed E-state index contributed by atoms with van der Waals surface area (Å²) < 4.78 is 26.3. The number of anilines is 1. The van der Waals surface area contributed by atoms with E-state index in [1.807, 2.05) is 54.8 Å². The van der Waals surface area contributed by atoms with Crippen molar-refractivity contribution in [1.29, 1.82) is 0 Å². The SMILES string of the molecule is CCc1cccc(C)c1NC(=O)N1CCC(S(=O)(=O)c2ccc(-c3cccs3)cc2)CC1. The van der Waals surface area contributed by atoms with Crippen molar-refractivity contribution in [2.75, 3.05) is 18.4 Å². The van der Waals surface area contributed by atoms with E-state index < -0.39 is 15.1 Å². The molecule has 0 bridgehead atoms. The van der Waals surface area contributed by atoms with Crippen LogP contribution in [0.15, 0.2) is 64.9 Å². The van der Waals surface area contributed by atoms with Crippen LogP contribution in [0.4, 0.5) is 10.5 Å². The number of urea groups is 1. The minimum absolute atomic E-state index is 0.162. The smallest absolute Gasteiger partial charge is 0.321 e. The van der Waals surface area contributed by atoms with E-state index in [-0.39, 0.29) is 6.03 Å². The van der Waals surface area contributed by atoms with E-state index in [2.05, 4.69) is 12.2 Å². The van der Waals surface area contributed by atoms with Crippen LogP contribution >= 0.6 is 11.3 Å². The van der Waals surface area contributed by atoms with Gasteiger partial charge in [0.05, 0.1) is 10.1 Å². The lowest BCUT2D eigenvalue weighted by atomic mass is 10.1. The van der Waals surface area contributed by atoms with Crippen LogP contribution in [-0.2, 0) is 16.3 Å². The highest BCUT2D eigenvalue weighted by Crippen LogP contribution is 2.29. The number of thiophene rings is 1. The molecular formula is C25H28N2O3S2. The van der Waals surface area contributed by atoms with Gasteiger partial charge in [-0.1, -0.05) is 43.3 Å². The third kappa shape index (κ3) is 4.59. The Morgan fingerprint density at radius 3 is 2.41 bits per heavy atom. The quantitative estimate of drug-likeness (QED) is 0.518. The largest absolute Gasteiger partial charge is 0.324 e. The van der Waals surface area contributed by atoms with Gasteiger partial charge in [0.2, 0.25) is 0 Å². The molecule has 2 amide bonds. The monoisotopic (exact) mass is 468 g/mol. The van der Waals surface area contributed by atoms with Gasteiger partial charge in [-0.15, -0.1) is 11.3 Å². The van der Waals surface area contributed by atoms with E-state index in [1.165, 1.54) is 0 Å². The van der Waals surface area contributed by atoms with E-state index in [0.717, 1.165) is 33.7 Å². The molecule has 0 saturated carbocycles. The van der Waals surface area contributed by atoms with Crippen molar-refractivity contribution in [3.8, 4) is 10.4 Å². The summed E-state index contributed by atoms with van der Waals surface area (Å²) in [6.07, 6.45) is 1.72. The molecule has 0 atom stereocenters. The predicted molar refractivity (Wildman–Crippen MR) is 131 cm³/mol.